The maximum absolute atomic E-state index is 13.1. The van der Waals surface area contributed by atoms with E-state index in [4.69, 9.17) is 0 Å². The average molecular weight is 444 g/mol. The molecule has 1 amide bonds. The highest BCUT2D eigenvalue weighted by Gasteiger charge is 2.18. The summed E-state index contributed by atoms with van der Waals surface area (Å²) < 4.78 is 0. The van der Waals surface area contributed by atoms with Gasteiger partial charge in [0.05, 0.1) is 17.4 Å². The number of aromatic nitrogens is 3. The van der Waals surface area contributed by atoms with Gasteiger partial charge >= 0.3 is 0 Å². The molecular weight excluding hydrogens is 418 g/mol. The lowest BCUT2D eigenvalue weighted by Crippen LogP contribution is -2.44. The van der Waals surface area contributed by atoms with Crippen LogP contribution >= 0.6 is 0 Å². The number of aromatic amines is 2. The van der Waals surface area contributed by atoms with Gasteiger partial charge in [-0.1, -0.05) is 6.07 Å². The van der Waals surface area contributed by atoms with Crippen molar-refractivity contribution in [2.75, 3.05) is 48.8 Å². The maximum atomic E-state index is 13.1. The van der Waals surface area contributed by atoms with Crippen molar-refractivity contribution in [2.24, 2.45) is 0 Å². The molecule has 168 valence electrons. The second kappa shape index (κ2) is 8.79. The molecule has 0 spiro atoms. The minimum Gasteiger partial charge on any atom is -0.369 e. The molecule has 2 aromatic carbocycles. The highest BCUT2D eigenvalue weighted by Crippen LogP contribution is 2.26. The van der Waals surface area contributed by atoms with Gasteiger partial charge in [-0.25, -0.2) is 0 Å². The fraction of sp³-hybridized carbons (Fsp3) is 0.208. The topological polar surface area (TPSA) is 109 Å². The zero-order valence-corrected chi connectivity index (χ0v) is 18.3. The van der Waals surface area contributed by atoms with Crippen LogP contribution in [0.2, 0.25) is 0 Å². The van der Waals surface area contributed by atoms with Crippen molar-refractivity contribution in [3.8, 4) is 0 Å². The van der Waals surface area contributed by atoms with Gasteiger partial charge in [0.1, 0.15) is 5.56 Å². The first-order chi connectivity index (χ1) is 16.1. The Morgan fingerprint density at radius 3 is 2.58 bits per heavy atom. The van der Waals surface area contributed by atoms with Crippen LogP contribution in [0.1, 0.15) is 10.4 Å². The number of carbonyl (C=O) groups is 1. The second-order valence-corrected chi connectivity index (χ2v) is 8.15. The number of piperazine rings is 1. The first kappa shape index (κ1) is 20.8. The summed E-state index contributed by atoms with van der Waals surface area (Å²) in [6.07, 6.45) is 3.22. The Balaban J connectivity index is 1.36. The third-order valence-electron chi connectivity index (χ3n) is 5.94. The lowest BCUT2D eigenvalue weighted by atomic mass is 10.1. The van der Waals surface area contributed by atoms with E-state index >= 15 is 0 Å². The van der Waals surface area contributed by atoms with Crippen LogP contribution in [0.15, 0.2) is 65.7 Å². The lowest BCUT2D eigenvalue weighted by Gasteiger charge is -2.34. The summed E-state index contributed by atoms with van der Waals surface area (Å²) in [6, 6.07) is 15.0. The molecule has 4 N–H and O–H groups in total. The predicted octanol–water partition coefficient (Wildman–Crippen LogP) is 3.00. The van der Waals surface area contributed by atoms with Gasteiger partial charge in [0.15, 0.2) is 0 Å². The normalized spacial score (nSPS) is 14.4. The lowest BCUT2D eigenvalue weighted by molar-refractivity contribution is 0.102. The minimum atomic E-state index is -0.480. The molecule has 1 aliphatic rings. The molecule has 9 nitrogen and oxygen atoms in total. The highest BCUT2D eigenvalue weighted by atomic mass is 16.2. The molecule has 0 radical (unpaired) electrons. The number of pyridine rings is 1. The molecule has 0 atom stereocenters. The summed E-state index contributed by atoms with van der Waals surface area (Å²) in [4.78, 5) is 32.9. The standard InChI is InChI=1S/C24H25N7O2/c1-30-11-13-31(14-12-30)17-7-5-16(6-8-17)27-24(33)22-21(9-10-25-23(22)32)28-19-3-2-4-20-18(19)15-26-29-20/h2-10,15H,11-14H2,1H3,(H,26,29)(H,27,33)(H2,25,28,32). The minimum absolute atomic E-state index is 0.0149. The molecule has 0 aliphatic carbocycles. The van der Waals surface area contributed by atoms with Crippen molar-refractivity contribution in [3.63, 3.8) is 0 Å². The van der Waals surface area contributed by atoms with Crippen LogP contribution in [0.4, 0.5) is 22.7 Å². The van der Waals surface area contributed by atoms with E-state index in [0.29, 0.717) is 11.4 Å². The first-order valence-electron chi connectivity index (χ1n) is 10.8. The molecule has 1 fully saturated rings. The van der Waals surface area contributed by atoms with Crippen LogP contribution in [-0.4, -0.2) is 59.2 Å². The largest absolute Gasteiger partial charge is 0.369 e. The number of hydrogen-bond acceptors (Lipinski definition) is 6. The molecule has 0 unspecified atom stereocenters. The number of amides is 1. The SMILES string of the molecule is CN1CCN(c2ccc(NC(=O)c3c(Nc4cccc5[nH]ncc45)cc[nH]c3=O)cc2)CC1. The van der Waals surface area contributed by atoms with Gasteiger partial charge in [-0.2, -0.15) is 5.10 Å². The summed E-state index contributed by atoms with van der Waals surface area (Å²) in [7, 11) is 2.12. The number of H-pyrrole nitrogens is 2. The van der Waals surface area contributed by atoms with Gasteiger partial charge < -0.3 is 25.4 Å². The Kier molecular flexibility index (Phi) is 5.54. The quantitative estimate of drug-likeness (QED) is 0.378. The highest BCUT2D eigenvalue weighted by molar-refractivity contribution is 6.08. The average Bonchev–Trinajstić information content (AvgIpc) is 3.30. The zero-order chi connectivity index (χ0) is 22.8. The maximum Gasteiger partial charge on any atom is 0.263 e. The van der Waals surface area contributed by atoms with E-state index in [0.717, 1.165) is 48.5 Å². The Labute approximate surface area is 190 Å². The second-order valence-electron chi connectivity index (χ2n) is 8.15. The van der Waals surface area contributed by atoms with E-state index in [-0.39, 0.29) is 5.56 Å². The molecule has 1 saturated heterocycles. The Morgan fingerprint density at radius 2 is 1.79 bits per heavy atom. The number of hydrogen-bond donors (Lipinski definition) is 4. The van der Waals surface area contributed by atoms with Crippen molar-refractivity contribution in [2.45, 2.75) is 0 Å². The molecule has 0 bridgehead atoms. The van der Waals surface area contributed by atoms with Crippen LogP contribution < -0.4 is 21.1 Å². The van der Waals surface area contributed by atoms with Crippen molar-refractivity contribution < 1.29 is 4.79 Å². The van der Waals surface area contributed by atoms with E-state index < -0.39 is 11.5 Å². The molecule has 2 aromatic heterocycles. The van der Waals surface area contributed by atoms with Crippen LogP contribution in [0.5, 0.6) is 0 Å². The number of fused-ring (bicyclic) bond motifs is 1. The first-order valence-corrected chi connectivity index (χ1v) is 10.8. The molecule has 3 heterocycles. The molecule has 9 heteroatoms. The number of nitrogens with zero attached hydrogens (tertiary/aromatic N) is 3. The van der Waals surface area contributed by atoms with Crippen molar-refractivity contribution in [1.29, 1.82) is 0 Å². The summed E-state index contributed by atoms with van der Waals surface area (Å²) >= 11 is 0. The number of nitrogens with one attached hydrogen (secondary N) is 4. The monoisotopic (exact) mass is 443 g/mol. The molecule has 5 rings (SSSR count). The summed E-state index contributed by atoms with van der Waals surface area (Å²) in [6.45, 7) is 4.00. The van der Waals surface area contributed by atoms with Gasteiger partial charge in [0.25, 0.3) is 11.5 Å². The van der Waals surface area contributed by atoms with Gasteiger partial charge in [0, 0.05) is 54.8 Å². The summed E-state index contributed by atoms with van der Waals surface area (Å²) in [5, 5.41) is 13.9. The molecular formula is C24H25N7O2. The van der Waals surface area contributed by atoms with Gasteiger partial charge in [0.2, 0.25) is 0 Å². The zero-order valence-electron chi connectivity index (χ0n) is 18.3. The number of carbonyl (C=O) groups excluding carboxylic acids is 1. The van der Waals surface area contributed by atoms with Crippen molar-refractivity contribution in [3.05, 3.63) is 76.8 Å². The number of benzene rings is 2. The van der Waals surface area contributed by atoms with Gasteiger partial charge in [-0.3, -0.25) is 14.7 Å². The van der Waals surface area contributed by atoms with E-state index in [9.17, 15) is 9.59 Å². The molecule has 0 saturated carbocycles. The number of likely N-dealkylation sites (N-methyl/N-ethyl adjacent to an activating group) is 1. The van der Waals surface area contributed by atoms with Gasteiger partial charge in [-0.05, 0) is 49.5 Å². The van der Waals surface area contributed by atoms with E-state index in [1.807, 2.05) is 42.5 Å². The van der Waals surface area contributed by atoms with E-state index in [1.54, 1.807) is 12.3 Å². The Hall–Kier alpha value is -4.11. The number of rotatable bonds is 5. The molecule has 1 aliphatic heterocycles. The molecule has 33 heavy (non-hydrogen) atoms. The van der Waals surface area contributed by atoms with Crippen LogP contribution in [0, 0.1) is 0 Å². The third kappa shape index (κ3) is 4.31. The van der Waals surface area contributed by atoms with Crippen molar-refractivity contribution >= 4 is 39.6 Å². The number of anilines is 4. The van der Waals surface area contributed by atoms with E-state index in [2.05, 4.69) is 42.7 Å². The third-order valence-corrected chi connectivity index (χ3v) is 5.94. The fourth-order valence-corrected chi connectivity index (χ4v) is 4.04. The molecule has 4 aromatic rings. The smallest absolute Gasteiger partial charge is 0.263 e. The van der Waals surface area contributed by atoms with E-state index in [1.165, 1.54) is 6.20 Å². The van der Waals surface area contributed by atoms with Crippen molar-refractivity contribution in [1.82, 2.24) is 20.1 Å². The summed E-state index contributed by atoms with van der Waals surface area (Å²) in [5.41, 5.74) is 3.32. The van der Waals surface area contributed by atoms with Crippen LogP contribution in [-0.2, 0) is 0 Å². The Bertz CT molecular complexity index is 1330. The van der Waals surface area contributed by atoms with Crippen LogP contribution in [0.3, 0.4) is 0 Å². The summed E-state index contributed by atoms with van der Waals surface area (Å²) in [5.74, 6) is -0.480. The predicted molar refractivity (Wildman–Crippen MR) is 131 cm³/mol. The van der Waals surface area contributed by atoms with Gasteiger partial charge in [-0.15, -0.1) is 0 Å². The Morgan fingerprint density at radius 1 is 1.00 bits per heavy atom. The van der Waals surface area contributed by atoms with Crippen LogP contribution in [0.25, 0.3) is 10.9 Å². The fourth-order valence-electron chi connectivity index (χ4n) is 4.04.